The van der Waals surface area contributed by atoms with Crippen molar-refractivity contribution in [1.82, 2.24) is 9.97 Å². The molecule has 1 unspecified atom stereocenters. The molecule has 0 amide bonds. The summed E-state index contributed by atoms with van der Waals surface area (Å²) in [5, 5.41) is 9.29. The van der Waals surface area contributed by atoms with E-state index in [1.165, 1.54) is 0 Å². The van der Waals surface area contributed by atoms with E-state index in [1.807, 2.05) is 6.07 Å². The van der Waals surface area contributed by atoms with Crippen LogP contribution in [0.4, 0.5) is 0 Å². The zero-order chi connectivity index (χ0) is 11.4. The maximum Gasteiger partial charge on any atom is 0.145 e. The number of hydrogen-bond acceptors (Lipinski definition) is 4. The summed E-state index contributed by atoms with van der Waals surface area (Å²) >= 11 is 0. The molecule has 2 heterocycles. The average Bonchev–Trinajstić information content (AvgIpc) is 2.31. The van der Waals surface area contributed by atoms with Crippen molar-refractivity contribution in [2.75, 3.05) is 0 Å². The quantitative estimate of drug-likeness (QED) is 0.855. The summed E-state index contributed by atoms with van der Waals surface area (Å²) in [6.07, 6.45) is 4.33. The van der Waals surface area contributed by atoms with Crippen LogP contribution < -0.4 is 4.74 Å². The summed E-state index contributed by atoms with van der Waals surface area (Å²) in [6, 6.07) is 7.11. The Kier molecular flexibility index (Phi) is 3.12. The van der Waals surface area contributed by atoms with Gasteiger partial charge < -0.3 is 9.84 Å². The van der Waals surface area contributed by atoms with Crippen molar-refractivity contribution in [3.8, 4) is 11.5 Å². The van der Waals surface area contributed by atoms with Crippen LogP contribution >= 0.6 is 0 Å². The van der Waals surface area contributed by atoms with Gasteiger partial charge in [0.15, 0.2) is 0 Å². The van der Waals surface area contributed by atoms with Crippen molar-refractivity contribution in [2.24, 2.45) is 0 Å². The van der Waals surface area contributed by atoms with Gasteiger partial charge in [0.1, 0.15) is 11.5 Å². The Hall–Kier alpha value is -1.94. The molecular formula is C12H12N2O2. The van der Waals surface area contributed by atoms with Crippen molar-refractivity contribution in [3.05, 3.63) is 48.5 Å². The highest BCUT2D eigenvalue weighted by molar-refractivity contribution is 5.27. The minimum Gasteiger partial charge on any atom is -0.454 e. The molecule has 2 aromatic rings. The Balaban J connectivity index is 2.11. The van der Waals surface area contributed by atoms with E-state index >= 15 is 0 Å². The number of pyridine rings is 2. The van der Waals surface area contributed by atoms with E-state index in [-0.39, 0.29) is 0 Å². The maximum absolute atomic E-state index is 9.29. The number of hydrogen-bond donors (Lipinski definition) is 1. The molecule has 0 saturated carbocycles. The van der Waals surface area contributed by atoms with Crippen LogP contribution in [0.2, 0.25) is 0 Å². The number of ether oxygens (including phenoxy) is 1. The van der Waals surface area contributed by atoms with Crippen LogP contribution in [0.1, 0.15) is 18.7 Å². The van der Waals surface area contributed by atoms with Gasteiger partial charge in [-0.3, -0.25) is 9.97 Å². The maximum atomic E-state index is 9.29. The minimum atomic E-state index is -0.563. The van der Waals surface area contributed by atoms with Gasteiger partial charge in [-0.2, -0.15) is 0 Å². The molecule has 2 aromatic heterocycles. The van der Waals surface area contributed by atoms with Crippen molar-refractivity contribution < 1.29 is 9.84 Å². The lowest BCUT2D eigenvalue weighted by Gasteiger charge is -2.06. The van der Waals surface area contributed by atoms with Gasteiger partial charge in [0.2, 0.25) is 0 Å². The zero-order valence-corrected chi connectivity index (χ0v) is 8.87. The molecule has 0 radical (unpaired) electrons. The Bertz CT molecular complexity index is 440. The van der Waals surface area contributed by atoms with E-state index in [2.05, 4.69) is 9.97 Å². The van der Waals surface area contributed by atoms with Crippen LogP contribution in [-0.4, -0.2) is 15.1 Å². The number of rotatable bonds is 3. The first kappa shape index (κ1) is 10.6. The van der Waals surface area contributed by atoms with Crippen LogP contribution in [-0.2, 0) is 0 Å². The van der Waals surface area contributed by atoms with E-state index in [1.54, 1.807) is 43.7 Å². The van der Waals surface area contributed by atoms with Crippen LogP contribution in [0.3, 0.4) is 0 Å². The van der Waals surface area contributed by atoms with Crippen molar-refractivity contribution >= 4 is 0 Å². The minimum absolute atomic E-state index is 0.563. The molecule has 4 nitrogen and oxygen atoms in total. The van der Waals surface area contributed by atoms with Crippen molar-refractivity contribution in [1.29, 1.82) is 0 Å². The Labute approximate surface area is 93.6 Å². The van der Waals surface area contributed by atoms with E-state index in [4.69, 9.17) is 4.74 Å². The SMILES string of the molecule is CC(O)c1ccc(Oc2cccnc2)cn1. The lowest BCUT2D eigenvalue weighted by molar-refractivity contribution is 0.194. The highest BCUT2D eigenvalue weighted by Gasteiger charge is 2.02. The number of nitrogens with zero attached hydrogens (tertiary/aromatic N) is 2. The highest BCUT2D eigenvalue weighted by Crippen LogP contribution is 2.20. The first-order valence-electron chi connectivity index (χ1n) is 4.97. The Morgan fingerprint density at radius 3 is 2.56 bits per heavy atom. The van der Waals surface area contributed by atoms with Crippen LogP contribution in [0, 0.1) is 0 Å². The topological polar surface area (TPSA) is 55.2 Å². The second-order valence-electron chi connectivity index (χ2n) is 3.39. The zero-order valence-electron chi connectivity index (χ0n) is 8.87. The second kappa shape index (κ2) is 4.72. The van der Waals surface area contributed by atoms with Gasteiger partial charge in [0, 0.05) is 6.20 Å². The summed E-state index contributed by atoms with van der Waals surface area (Å²) in [4.78, 5) is 8.02. The van der Waals surface area contributed by atoms with Crippen LogP contribution in [0.5, 0.6) is 11.5 Å². The van der Waals surface area contributed by atoms with E-state index < -0.39 is 6.10 Å². The Morgan fingerprint density at radius 2 is 2.00 bits per heavy atom. The highest BCUT2D eigenvalue weighted by atomic mass is 16.5. The van der Waals surface area contributed by atoms with Crippen molar-refractivity contribution in [2.45, 2.75) is 13.0 Å². The second-order valence-corrected chi connectivity index (χ2v) is 3.39. The van der Waals surface area contributed by atoms with E-state index in [0.29, 0.717) is 17.2 Å². The van der Waals surface area contributed by atoms with Gasteiger partial charge in [-0.05, 0) is 31.2 Å². The summed E-state index contributed by atoms with van der Waals surface area (Å²) in [5.74, 6) is 1.28. The molecule has 0 aliphatic heterocycles. The molecule has 0 spiro atoms. The fourth-order valence-corrected chi connectivity index (χ4v) is 1.24. The third-order valence-corrected chi connectivity index (χ3v) is 2.06. The van der Waals surface area contributed by atoms with Gasteiger partial charge in [-0.15, -0.1) is 0 Å². The lowest BCUT2D eigenvalue weighted by Crippen LogP contribution is -1.95. The van der Waals surface area contributed by atoms with Gasteiger partial charge >= 0.3 is 0 Å². The summed E-state index contributed by atoms with van der Waals surface area (Å²) in [5.41, 5.74) is 0.624. The van der Waals surface area contributed by atoms with Crippen molar-refractivity contribution in [3.63, 3.8) is 0 Å². The number of aliphatic hydroxyl groups excluding tert-OH is 1. The number of aliphatic hydroxyl groups is 1. The standard InChI is InChI=1S/C12H12N2O2/c1-9(15)12-5-4-11(8-14-12)16-10-3-2-6-13-7-10/h2-9,15H,1H3. The summed E-state index contributed by atoms with van der Waals surface area (Å²) in [7, 11) is 0. The molecule has 0 aliphatic rings. The fraction of sp³-hybridized carbons (Fsp3) is 0.167. The molecule has 1 atom stereocenters. The van der Waals surface area contributed by atoms with E-state index in [9.17, 15) is 5.11 Å². The first-order chi connectivity index (χ1) is 7.75. The molecule has 4 heteroatoms. The molecule has 0 aromatic carbocycles. The van der Waals surface area contributed by atoms with Gasteiger partial charge in [0.25, 0.3) is 0 Å². The first-order valence-corrected chi connectivity index (χ1v) is 4.97. The number of aromatic nitrogens is 2. The molecule has 0 bridgehead atoms. The third-order valence-electron chi connectivity index (χ3n) is 2.06. The summed E-state index contributed by atoms with van der Waals surface area (Å²) in [6.45, 7) is 1.67. The normalized spacial score (nSPS) is 12.1. The molecule has 0 aliphatic carbocycles. The smallest absolute Gasteiger partial charge is 0.145 e. The lowest BCUT2D eigenvalue weighted by atomic mass is 10.2. The van der Waals surface area contributed by atoms with Gasteiger partial charge in [0.05, 0.1) is 24.2 Å². The largest absolute Gasteiger partial charge is 0.454 e. The van der Waals surface area contributed by atoms with Gasteiger partial charge in [-0.1, -0.05) is 0 Å². The molecule has 82 valence electrons. The summed E-state index contributed by atoms with van der Waals surface area (Å²) < 4.78 is 5.51. The predicted molar refractivity (Wildman–Crippen MR) is 59.2 cm³/mol. The molecule has 2 rings (SSSR count). The molecular weight excluding hydrogens is 204 g/mol. The van der Waals surface area contributed by atoms with Crippen LogP contribution in [0.15, 0.2) is 42.9 Å². The molecule has 0 fully saturated rings. The fourth-order valence-electron chi connectivity index (χ4n) is 1.24. The van der Waals surface area contributed by atoms with E-state index in [0.717, 1.165) is 0 Å². The average molecular weight is 216 g/mol. The molecule has 16 heavy (non-hydrogen) atoms. The van der Waals surface area contributed by atoms with Gasteiger partial charge in [-0.25, -0.2) is 0 Å². The Morgan fingerprint density at radius 1 is 1.19 bits per heavy atom. The molecule has 0 saturated heterocycles. The van der Waals surface area contributed by atoms with Crippen LogP contribution in [0.25, 0.3) is 0 Å². The third kappa shape index (κ3) is 2.55. The molecule has 1 N–H and O–H groups in total. The predicted octanol–water partition coefficient (Wildman–Crippen LogP) is 2.32. The monoisotopic (exact) mass is 216 g/mol.